The summed E-state index contributed by atoms with van der Waals surface area (Å²) in [4.78, 5) is 11.4. The molecule has 6 heteroatoms. The molecule has 2 N–H and O–H groups in total. The van der Waals surface area contributed by atoms with Gasteiger partial charge >= 0.3 is 6.09 Å². The standard InChI is InChI=1S/C13H18BrFN2O2/c1-13(2,3)19-12(18)17-8-7-16-11-9(14)5-4-6-10(11)15/h4-6,16H,7-8H2,1-3H3,(H,17,18). The summed E-state index contributed by atoms with van der Waals surface area (Å²) in [5.74, 6) is -0.341. The first-order chi connectivity index (χ1) is 8.79. The first kappa shape index (κ1) is 15.8. The van der Waals surface area contributed by atoms with Gasteiger partial charge in [0.05, 0.1) is 5.69 Å². The molecule has 0 aliphatic carbocycles. The van der Waals surface area contributed by atoms with Gasteiger partial charge < -0.3 is 15.4 Å². The predicted molar refractivity (Wildman–Crippen MR) is 76.8 cm³/mol. The lowest BCUT2D eigenvalue weighted by atomic mass is 10.2. The lowest BCUT2D eigenvalue weighted by Crippen LogP contribution is -2.35. The number of hydrogen-bond acceptors (Lipinski definition) is 3. The summed E-state index contributed by atoms with van der Waals surface area (Å²) in [5, 5.41) is 5.49. The third kappa shape index (κ3) is 5.92. The molecule has 0 atom stereocenters. The Morgan fingerprint density at radius 3 is 2.63 bits per heavy atom. The lowest BCUT2D eigenvalue weighted by molar-refractivity contribution is 0.0530. The minimum absolute atomic E-state index is 0.341. The van der Waals surface area contributed by atoms with Gasteiger partial charge in [-0.2, -0.15) is 0 Å². The maximum Gasteiger partial charge on any atom is 0.407 e. The Bertz CT molecular complexity index is 427. The highest BCUT2D eigenvalue weighted by Crippen LogP contribution is 2.24. The molecule has 0 heterocycles. The molecule has 0 saturated heterocycles. The molecule has 0 bridgehead atoms. The van der Waals surface area contributed by atoms with E-state index >= 15 is 0 Å². The second-order valence-electron chi connectivity index (χ2n) is 4.95. The highest BCUT2D eigenvalue weighted by atomic mass is 79.9. The monoisotopic (exact) mass is 332 g/mol. The average molecular weight is 333 g/mol. The van der Waals surface area contributed by atoms with Gasteiger partial charge in [0.2, 0.25) is 0 Å². The third-order valence-electron chi connectivity index (χ3n) is 2.06. The molecule has 4 nitrogen and oxygen atoms in total. The number of carbonyl (C=O) groups excluding carboxylic acids is 1. The minimum atomic E-state index is -0.522. The van der Waals surface area contributed by atoms with Crippen molar-refractivity contribution >= 4 is 27.7 Å². The zero-order chi connectivity index (χ0) is 14.5. The van der Waals surface area contributed by atoms with Crippen molar-refractivity contribution in [1.29, 1.82) is 0 Å². The number of amides is 1. The summed E-state index contributed by atoms with van der Waals surface area (Å²) < 4.78 is 19.2. The number of anilines is 1. The average Bonchev–Trinajstić information content (AvgIpc) is 2.25. The Morgan fingerprint density at radius 1 is 1.37 bits per heavy atom. The van der Waals surface area contributed by atoms with Gasteiger partial charge in [0.25, 0.3) is 0 Å². The van der Waals surface area contributed by atoms with Crippen LogP contribution in [0.5, 0.6) is 0 Å². The van der Waals surface area contributed by atoms with E-state index in [9.17, 15) is 9.18 Å². The zero-order valence-corrected chi connectivity index (χ0v) is 12.8. The topological polar surface area (TPSA) is 50.4 Å². The van der Waals surface area contributed by atoms with Crippen molar-refractivity contribution in [3.05, 3.63) is 28.5 Å². The second kappa shape index (κ2) is 6.75. The van der Waals surface area contributed by atoms with Crippen molar-refractivity contribution in [2.45, 2.75) is 26.4 Å². The van der Waals surface area contributed by atoms with Crippen LogP contribution in [0.2, 0.25) is 0 Å². The van der Waals surface area contributed by atoms with Crippen molar-refractivity contribution in [2.24, 2.45) is 0 Å². The lowest BCUT2D eigenvalue weighted by Gasteiger charge is -2.19. The molecule has 106 valence electrons. The third-order valence-corrected chi connectivity index (χ3v) is 2.72. The van der Waals surface area contributed by atoms with Crippen LogP contribution in [-0.4, -0.2) is 24.8 Å². The van der Waals surface area contributed by atoms with Crippen molar-refractivity contribution < 1.29 is 13.9 Å². The Morgan fingerprint density at radius 2 is 2.05 bits per heavy atom. The maximum atomic E-state index is 13.5. The highest BCUT2D eigenvalue weighted by Gasteiger charge is 2.15. The van der Waals surface area contributed by atoms with Crippen LogP contribution in [0.4, 0.5) is 14.9 Å². The smallest absolute Gasteiger partial charge is 0.407 e. The number of rotatable bonds is 4. The summed E-state index contributed by atoms with van der Waals surface area (Å²) >= 11 is 3.25. The van der Waals surface area contributed by atoms with Crippen LogP contribution in [0, 0.1) is 5.82 Å². The van der Waals surface area contributed by atoms with E-state index in [1.807, 2.05) is 0 Å². The molecular formula is C13H18BrFN2O2. The van der Waals surface area contributed by atoms with Crippen molar-refractivity contribution in [1.82, 2.24) is 5.32 Å². The van der Waals surface area contributed by atoms with Crippen LogP contribution in [-0.2, 0) is 4.74 Å². The molecule has 0 aliphatic heterocycles. The van der Waals surface area contributed by atoms with E-state index < -0.39 is 11.7 Å². The number of alkyl carbamates (subject to hydrolysis) is 1. The number of halogens is 2. The fourth-order valence-corrected chi connectivity index (χ4v) is 1.82. The molecule has 1 rings (SSSR count). The molecule has 0 spiro atoms. The fourth-order valence-electron chi connectivity index (χ4n) is 1.33. The number of benzene rings is 1. The Balaban J connectivity index is 2.34. The molecule has 0 unspecified atom stereocenters. The van der Waals surface area contributed by atoms with E-state index in [2.05, 4.69) is 26.6 Å². The normalized spacial score (nSPS) is 11.0. The molecule has 1 amide bonds. The quantitative estimate of drug-likeness (QED) is 0.829. The van der Waals surface area contributed by atoms with E-state index in [4.69, 9.17) is 4.74 Å². The van der Waals surface area contributed by atoms with Crippen molar-refractivity contribution in [3.8, 4) is 0 Å². The van der Waals surface area contributed by atoms with Gasteiger partial charge in [0, 0.05) is 17.6 Å². The van der Waals surface area contributed by atoms with Crippen molar-refractivity contribution in [2.75, 3.05) is 18.4 Å². The van der Waals surface area contributed by atoms with Crippen LogP contribution >= 0.6 is 15.9 Å². The summed E-state index contributed by atoms with van der Waals surface area (Å²) in [5.41, 5.74) is -0.139. The van der Waals surface area contributed by atoms with Crippen LogP contribution in [0.15, 0.2) is 22.7 Å². The van der Waals surface area contributed by atoms with E-state index in [1.165, 1.54) is 6.07 Å². The van der Waals surface area contributed by atoms with Crippen LogP contribution < -0.4 is 10.6 Å². The summed E-state index contributed by atoms with van der Waals surface area (Å²) in [6.45, 7) is 6.12. The number of carbonyl (C=O) groups is 1. The molecule has 1 aromatic rings. The molecule has 0 saturated carbocycles. The molecule has 0 aromatic heterocycles. The second-order valence-corrected chi connectivity index (χ2v) is 5.81. The van der Waals surface area contributed by atoms with Gasteiger partial charge in [-0.15, -0.1) is 0 Å². The molecule has 1 aromatic carbocycles. The minimum Gasteiger partial charge on any atom is -0.444 e. The molecule has 0 fully saturated rings. The molecule has 0 radical (unpaired) electrons. The zero-order valence-electron chi connectivity index (χ0n) is 11.2. The first-order valence-electron chi connectivity index (χ1n) is 5.94. The van der Waals surface area contributed by atoms with E-state index in [1.54, 1.807) is 32.9 Å². The van der Waals surface area contributed by atoms with Gasteiger partial charge in [-0.3, -0.25) is 0 Å². The summed E-state index contributed by atoms with van der Waals surface area (Å²) in [7, 11) is 0. The first-order valence-corrected chi connectivity index (χ1v) is 6.73. The Hall–Kier alpha value is -1.30. The van der Waals surface area contributed by atoms with Gasteiger partial charge in [0.1, 0.15) is 11.4 Å². The van der Waals surface area contributed by atoms with Crippen molar-refractivity contribution in [3.63, 3.8) is 0 Å². The van der Waals surface area contributed by atoms with E-state index in [0.717, 1.165) is 0 Å². The van der Waals surface area contributed by atoms with Crippen LogP contribution in [0.25, 0.3) is 0 Å². The Labute approximate surface area is 120 Å². The number of ether oxygens (including phenoxy) is 1. The number of nitrogens with one attached hydrogen (secondary N) is 2. The number of hydrogen-bond donors (Lipinski definition) is 2. The molecular weight excluding hydrogens is 315 g/mol. The van der Waals surface area contributed by atoms with Gasteiger partial charge in [0.15, 0.2) is 0 Å². The largest absolute Gasteiger partial charge is 0.444 e. The summed E-state index contributed by atoms with van der Waals surface area (Å²) in [6.07, 6.45) is -0.484. The fraction of sp³-hybridized carbons (Fsp3) is 0.462. The highest BCUT2D eigenvalue weighted by molar-refractivity contribution is 9.10. The van der Waals surface area contributed by atoms with Crippen LogP contribution in [0.1, 0.15) is 20.8 Å². The Kier molecular flexibility index (Phi) is 5.60. The van der Waals surface area contributed by atoms with Crippen LogP contribution in [0.3, 0.4) is 0 Å². The van der Waals surface area contributed by atoms with Gasteiger partial charge in [-0.25, -0.2) is 9.18 Å². The molecule has 0 aliphatic rings. The SMILES string of the molecule is CC(C)(C)OC(=O)NCCNc1c(F)cccc1Br. The van der Waals surface area contributed by atoms with Gasteiger partial charge in [-0.1, -0.05) is 6.07 Å². The number of para-hydroxylation sites is 1. The predicted octanol–water partition coefficient (Wildman–Crippen LogP) is 3.52. The van der Waals surface area contributed by atoms with E-state index in [-0.39, 0.29) is 5.82 Å². The summed E-state index contributed by atoms with van der Waals surface area (Å²) in [6, 6.07) is 4.73. The van der Waals surface area contributed by atoms with E-state index in [0.29, 0.717) is 23.2 Å². The van der Waals surface area contributed by atoms with Gasteiger partial charge in [-0.05, 0) is 48.8 Å². The maximum absolute atomic E-state index is 13.5. The molecule has 19 heavy (non-hydrogen) atoms.